The first-order chi connectivity index (χ1) is 13.6. The normalized spacial score (nSPS) is 13.8. The van der Waals surface area contributed by atoms with E-state index in [9.17, 15) is 13.2 Å². The van der Waals surface area contributed by atoms with Crippen molar-refractivity contribution in [3.8, 4) is 11.5 Å². The third kappa shape index (κ3) is 4.64. The van der Waals surface area contributed by atoms with Gasteiger partial charge >= 0.3 is 0 Å². The Morgan fingerprint density at radius 3 is 2.41 bits per heavy atom. The van der Waals surface area contributed by atoms with Crippen LogP contribution in [0.1, 0.15) is 35.2 Å². The second-order valence-corrected chi connectivity index (χ2v) is 9.30. The molecule has 7 nitrogen and oxygen atoms in total. The lowest BCUT2D eigenvalue weighted by Crippen LogP contribution is -2.41. The molecule has 0 saturated carbocycles. The molecule has 3 rings (SSSR count). The molecular weight excluding hydrogens is 392 g/mol. The van der Waals surface area contributed by atoms with Gasteiger partial charge in [0.2, 0.25) is 22.7 Å². The largest absolute Gasteiger partial charge is 0.454 e. The maximum Gasteiger partial charge on any atom is 0.241 e. The number of aryl methyl sites for hydroxylation is 3. The van der Waals surface area contributed by atoms with Crippen LogP contribution in [0.5, 0.6) is 11.5 Å². The average Bonchev–Trinajstić information content (AvgIpc) is 3.09. The standard InChI is InChI=1S/C21H26N2O5S/c1-13-8-15(3)18(9-14(13)2)16(4)22-21(24)11-23(29(5,25)26)17-6-7-19-20(10-17)28-12-27-19/h6-10,16H,11-12H2,1-5H3,(H,22,24). The van der Waals surface area contributed by atoms with Gasteiger partial charge in [-0.3, -0.25) is 9.10 Å². The lowest BCUT2D eigenvalue weighted by molar-refractivity contribution is -0.120. The maximum absolute atomic E-state index is 12.7. The van der Waals surface area contributed by atoms with Crippen LogP contribution in [0.15, 0.2) is 30.3 Å². The van der Waals surface area contributed by atoms with Crippen LogP contribution < -0.4 is 19.1 Å². The average molecular weight is 419 g/mol. The molecule has 156 valence electrons. The van der Waals surface area contributed by atoms with Crippen LogP contribution in [0, 0.1) is 20.8 Å². The molecule has 1 amide bonds. The first-order valence-electron chi connectivity index (χ1n) is 9.30. The molecule has 0 saturated heterocycles. The molecule has 0 fully saturated rings. The number of anilines is 1. The fourth-order valence-corrected chi connectivity index (χ4v) is 4.23. The Kier molecular flexibility index (Phi) is 5.75. The molecule has 29 heavy (non-hydrogen) atoms. The number of hydrogen-bond donors (Lipinski definition) is 1. The SMILES string of the molecule is Cc1cc(C)c(C(C)NC(=O)CN(c2ccc3c(c2)OCO3)S(C)(=O)=O)cc1C. The van der Waals surface area contributed by atoms with Gasteiger partial charge in [0.25, 0.3) is 0 Å². The van der Waals surface area contributed by atoms with Crippen LogP contribution in [-0.4, -0.2) is 33.9 Å². The fourth-order valence-electron chi connectivity index (χ4n) is 3.39. The molecule has 0 aliphatic carbocycles. The van der Waals surface area contributed by atoms with Crippen molar-refractivity contribution >= 4 is 21.6 Å². The number of fused-ring (bicyclic) bond motifs is 1. The van der Waals surface area contributed by atoms with Gasteiger partial charge in [-0.05, 0) is 62.1 Å². The van der Waals surface area contributed by atoms with Crippen LogP contribution >= 0.6 is 0 Å². The molecule has 0 spiro atoms. The summed E-state index contributed by atoms with van der Waals surface area (Å²) < 4.78 is 36.3. The molecular formula is C21H26N2O5S. The van der Waals surface area contributed by atoms with Gasteiger partial charge in [-0.15, -0.1) is 0 Å². The molecule has 1 aliphatic rings. The van der Waals surface area contributed by atoms with Gasteiger partial charge < -0.3 is 14.8 Å². The number of hydrogen-bond acceptors (Lipinski definition) is 5. The Morgan fingerprint density at radius 1 is 1.07 bits per heavy atom. The fraction of sp³-hybridized carbons (Fsp3) is 0.381. The summed E-state index contributed by atoms with van der Waals surface area (Å²) in [5.74, 6) is 0.611. The highest BCUT2D eigenvalue weighted by Crippen LogP contribution is 2.36. The van der Waals surface area contributed by atoms with Crippen molar-refractivity contribution in [3.05, 3.63) is 52.6 Å². The van der Waals surface area contributed by atoms with E-state index in [0.717, 1.165) is 27.3 Å². The predicted octanol–water partition coefficient (Wildman–Crippen LogP) is 2.98. The second-order valence-electron chi connectivity index (χ2n) is 7.39. The molecule has 2 aromatic carbocycles. The molecule has 1 aliphatic heterocycles. The van der Waals surface area contributed by atoms with E-state index in [-0.39, 0.29) is 19.4 Å². The Morgan fingerprint density at radius 2 is 1.72 bits per heavy atom. The summed E-state index contributed by atoms with van der Waals surface area (Å²) in [4.78, 5) is 12.7. The van der Waals surface area contributed by atoms with Crippen LogP contribution in [-0.2, 0) is 14.8 Å². The highest BCUT2D eigenvalue weighted by Gasteiger charge is 2.24. The molecule has 0 bridgehead atoms. The number of carbonyl (C=O) groups excluding carboxylic acids is 1. The van der Waals surface area contributed by atoms with Gasteiger partial charge in [0.05, 0.1) is 18.0 Å². The predicted molar refractivity (Wildman–Crippen MR) is 112 cm³/mol. The van der Waals surface area contributed by atoms with Gasteiger partial charge in [-0.25, -0.2) is 8.42 Å². The number of amides is 1. The summed E-state index contributed by atoms with van der Waals surface area (Å²) in [7, 11) is -3.68. The van der Waals surface area contributed by atoms with E-state index in [1.165, 1.54) is 5.56 Å². The summed E-state index contributed by atoms with van der Waals surface area (Å²) in [5.41, 5.74) is 4.77. The summed E-state index contributed by atoms with van der Waals surface area (Å²) in [5, 5.41) is 2.91. The van der Waals surface area contributed by atoms with Gasteiger partial charge in [0, 0.05) is 6.07 Å². The van der Waals surface area contributed by atoms with E-state index in [0.29, 0.717) is 17.2 Å². The molecule has 0 aromatic heterocycles. The number of ether oxygens (including phenoxy) is 2. The summed E-state index contributed by atoms with van der Waals surface area (Å²) in [6.07, 6.45) is 1.07. The van der Waals surface area contributed by atoms with Crippen molar-refractivity contribution in [3.63, 3.8) is 0 Å². The van der Waals surface area contributed by atoms with Crippen LogP contribution in [0.4, 0.5) is 5.69 Å². The number of rotatable bonds is 6. The minimum Gasteiger partial charge on any atom is -0.454 e. The van der Waals surface area contributed by atoms with Gasteiger partial charge in [0.15, 0.2) is 11.5 Å². The van der Waals surface area contributed by atoms with Crippen molar-refractivity contribution in [2.24, 2.45) is 0 Å². The molecule has 2 aromatic rings. The number of sulfonamides is 1. The molecule has 0 radical (unpaired) electrons. The lowest BCUT2D eigenvalue weighted by Gasteiger charge is -2.24. The Balaban J connectivity index is 1.78. The zero-order valence-electron chi connectivity index (χ0n) is 17.3. The highest BCUT2D eigenvalue weighted by molar-refractivity contribution is 7.92. The number of nitrogens with one attached hydrogen (secondary N) is 1. The molecule has 1 atom stereocenters. The molecule has 1 unspecified atom stereocenters. The van der Waals surface area contributed by atoms with Gasteiger partial charge in [-0.1, -0.05) is 12.1 Å². The van der Waals surface area contributed by atoms with E-state index in [2.05, 4.69) is 17.4 Å². The Bertz CT molecular complexity index is 1050. The first-order valence-corrected chi connectivity index (χ1v) is 11.2. The monoisotopic (exact) mass is 418 g/mol. The van der Waals surface area contributed by atoms with E-state index in [4.69, 9.17) is 9.47 Å². The van der Waals surface area contributed by atoms with Crippen molar-refractivity contribution in [2.75, 3.05) is 23.9 Å². The van der Waals surface area contributed by atoms with E-state index in [1.807, 2.05) is 27.7 Å². The van der Waals surface area contributed by atoms with Crippen LogP contribution in [0.25, 0.3) is 0 Å². The first kappa shape index (κ1) is 21.0. The van der Waals surface area contributed by atoms with Crippen molar-refractivity contribution in [1.29, 1.82) is 0 Å². The molecule has 8 heteroatoms. The Labute approximate surface area is 171 Å². The third-order valence-electron chi connectivity index (χ3n) is 5.06. The highest BCUT2D eigenvalue weighted by atomic mass is 32.2. The quantitative estimate of drug-likeness (QED) is 0.780. The minimum atomic E-state index is -3.68. The smallest absolute Gasteiger partial charge is 0.241 e. The maximum atomic E-state index is 12.7. The van der Waals surface area contributed by atoms with Crippen molar-refractivity contribution < 1.29 is 22.7 Å². The summed E-state index contributed by atoms with van der Waals surface area (Å²) >= 11 is 0. The number of carbonyl (C=O) groups is 1. The van der Waals surface area contributed by atoms with E-state index in [1.54, 1.807) is 18.2 Å². The second kappa shape index (κ2) is 7.94. The van der Waals surface area contributed by atoms with Crippen LogP contribution in [0.2, 0.25) is 0 Å². The minimum absolute atomic E-state index is 0.0883. The summed E-state index contributed by atoms with van der Waals surface area (Å²) in [6, 6.07) is 8.69. The number of nitrogens with zero attached hydrogens (tertiary/aromatic N) is 1. The Hall–Kier alpha value is -2.74. The zero-order chi connectivity index (χ0) is 21.3. The zero-order valence-corrected chi connectivity index (χ0v) is 18.1. The topological polar surface area (TPSA) is 84.9 Å². The number of benzene rings is 2. The van der Waals surface area contributed by atoms with E-state index >= 15 is 0 Å². The third-order valence-corrected chi connectivity index (χ3v) is 6.20. The van der Waals surface area contributed by atoms with Gasteiger partial charge in [0.1, 0.15) is 6.54 Å². The molecule has 1 heterocycles. The molecule has 1 N–H and O–H groups in total. The van der Waals surface area contributed by atoms with Crippen molar-refractivity contribution in [1.82, 2.24) is 5.32 Å². The lowest BCUT2D eigenvalue weighted by atomic mass is 9.96. The van der Waals surface area contributed by atoms with Gasteiger partial charge in [-0.2, -0.15) is 0 Å². The van der Waals surface area contributed by atoms with Crippen LogP contribution in [0.3, 0.4) is 0 Å². The van der Waals surface area contributed by atoms with Crippen molar-refractivity contribution in [2.45, 2.75) is 33.7 Å². The van der Waals surface area contributed by atoms with E-state index < -0.39 is 15.9 Å². The summed E-state index contributed by atoms with van der Waals surface area (Å²) in [6.45, 7) is 7.72.